The fraction of sp³-hybridized carbons (Fsp3) is 0.200. The van der Waals surface area contributed by atoms with Gasteiger partial charge in [0.1, 0.15) is 0 Å². The molecule has 6 nitrogen and oxygen atoms in total. The monoisotopic (exact) mass is 382 g/mol. The van der Waals surface area contributed by atoms with E-state index >= 15 is 0 Å². The number of carbonyl (C=O) groups excluding carboxylic acids is 1. The van der Waals surface area contributed by atoms with Gasteiger partial charge < -0.3 is 9.42 Å². The first-order valence-electron chi connectivity index (χ1n) is 8.66. The summed E-state index contributed by atoms with van der Waals surface area (Å²) < 4.78 is 30.8. The molecule has 1 aromatic heterocycles. The third-order valence-corrected chi connectivity index (χ3v) is 6.92. The molecule has 138 valence electrons. The molecule has 0 spiro atoms. The van der Waals surface area contributed by atoms with Crippen molar-refractivity contribution in [3.8, 4) is 11.3 Å². The van der Waals surface area contributed by atoms with Crippen LogP contribution in [0.3, 0.4) is 0 Å². The molecule has 1 fully saturated rings. The van der Waals surface area contributed by atoms with Crippen LogP contribution in [0, 0.1) is 0 Å². The van der Waals surface area contributed by atoms with Gasteiger partial charge in [-0.1, -0.05) is 53.7 Å². The van der Waals surface area contributed by atoms with E-state index in [1.54, 1.807) is 36.4 Å². The van der Waals surface area contributed by atoms with Crippen molar-refractivity contribution >= 4 is 15.7 Å². The van der Waals surface area contributed by atoms with Crippen LogP contribution in [0.4, 0.5) is 0 Å². The number of nitrogens with zero attached hydrogens (tertiary/aromatic N) is 2. The molecule has 27 heavy (non-hydrogen) atoms. The number of rotatable bonds is 4. The van der Waals surface area contributed by atoms with Crippen molar-refractivity contribution in [2.24, 2.45) is 0 Å². The Morgan fingerprint density at radius 1 is 1.04 bits per heavy atom. The SMILES string of the molecule is O=C(c1cc(-c2ccccc2)on1)N1CC[C@@H](S(=O)(=O)c2ccccc2)C1. The number of likely N-dealkylation sites (tertiary alicyclic amines) is 1. The van der Waals surface area contributed by atoms with Crippen LogP contribution < -0.4 is 0 Å². The van der Waals surface area contributed by atoms with E-state index in [0.717, 1.165) is 5.56 Å². The standard InChI is InChI=1S/C20H18N2O4S/c23-20(18-13-19(26-21-18)15-7-3-1-4-8-15)22-12-11-17(14-22)27(24,25)16-9-5-2-6-10-16/h1-10,13,17H,11-12,14H2/t17-/m1/s1. The lowest BCUT2D eigenvalue weighted by Crippen LogP contribution is -2.32. The van der Waals surface area contributed by atoms with E-state index in [-0.39, 0.29) is 23.0 Å². The highest BCUT2D eigenvalue weighted by Crippen LogP contribution is 2.26. The van der Waals surface area contributed by atoms with E-state index in [1.165, 1.54) is 4.90 Å². The number of aromatic nitrogens is 1. The second kappa shape index (κ2) is 7.00. The van der Waals surface area contributed by atoms with Crippen molar-refractivity contribution in [3.05, 3.63) is 72.4 Å². The van der Waals surface area contributed by atoms with E-state index < -0.39 is 15.1 Å². The Balaban J connectivity index is 1.50. The summed E-state index contributed by atoms with van der Waals surface area (Å²) in [4.78, 5) is 14.5. The topological polar surface area (TPSA) is 80.5 Å². The van der Waals surface area contributed by atoms with Crippen molar-refractivity contribution in [1.29, 1.82) is 0 Å². The molecule has 1 saturated heterocycles. The molecule has 7 heteroatoms. The molecular weight excluding hydrogens is 364 g/mol. The quantitative estimate of drug-likeness (QED) is 0.693. The average molecular weight is 382 g/mol. The predicted molar refractivity (Wildman–Crippen MR) is 99.9 cm³/mol. The molecule has 0 bridgehead atoms. The summed E-state index contributed by atoms with van der Waals surface area (Å²) in [5.41, 5.74) is 1.02. The predicted octanol–water partition coefficient (Wildman–Crippen LogP) is 3.03. The number of hydrogen-bond donors (Lipinski definition) is 0. The second-order valence-electron chi connectivity index (χ2n) is 6.46. The van der Waals surface area contributed by atoms with Gasteiger partial charge in [0.15, 0.2) is 21.3 Å². The Morgan fingerprint density at radius 2 is 1.70 bits per heavy atom. The molecule has 0 radical (unpaired) electrons. The third kappa shape index (κ3) is 3.38. The van der Waals surface area contributed by atoms with Gasteiger partial charge in [-0.3, -0.25) is 4.79 Å². The smallest absolute Gasteiger partial charge is 0.276 e. The van der Waals surface area contributed by atoms with Crippen molar-refractivity contribution in [1.82, 2.24) is 10.1 Å². The summed E-state index contributed by atoms with van der Waals surface area (Å²) in [6.07, 6.45) is 0.409. The van der Waals surface area contributed by atoms with Crippen LogP contribution in [0.15, 0.2) is 76.1 Å². The maximum Gasteiger partial charge on any atom is 0.276 e. The van der Waals surface area contributed by atoms with Crippen molar-refractivity contribution in [3.63, 3.8) is 0 Å². The van der Waals surface area contributed by atoms with Crippen molar-refractivity contribution in [2.45, 2.75) is 16.6 Å². The Morgan fingerprint density at radius 3 is 2.41 bits per heavy atom. The number of carbonyl (C=O) groups is 1. The summed E-state index contributed by atoms with van der Waals surface area (Å²) in [5, 5.41) is 3.26. The second-order valence-corrected chi connectivity index (χ2v) is 8.69. The number of hydrogen-bond acceptors (Lipinski definition) is 5. The number of sulfone groups is 1. The van der Waals surface area contributed by atoms with Gasteiger partial charge in [-0.25, -0.2) is 8.42 Å². The maximum absolute atomic E-state index is 12.8. The molecular formula is C20H18N2O4S. The van der Waals surface area contributed by atoms with E-state index in [0.29, 0.717) is 18.7 Å². The molecule has 0 unspecified atom stereocenters. The van der Waals surface area contributed by atoms with Crippen LogP contribution in [0.25, 0.3) is 11.3 Å². The highest BCUT2D eigenvalue weighted by atomic mass is 32.2. The first-order chi connectivity index (χ1) is 13.1. The first kappa shape index (κ1) is 17.5. The van der Waals surface area contributed by atoms with Crippen LogP contribution in [-0.4, -0.2) is 42.7 Å². The van der Waals surface area contributed by atoms with Crippen LogP contribution >= 0.6 is 0 Å². The van der Waals surface area contributed by atoms with Gasteiger partial charge in [-0.05, 0) is 18.6 Å². The highest BCUT2D eigenvalue weighted by Gasteiger charge is 2.37. The van der Waals surface area contributed by atoms with Gasteiger partial charge in [0, 0.05) is 24.7 Å². The first-order valence-corrected chi connectivity index (χ1v) is 10.2. The Kier molecular flexibility index (Phi) is 4.53. The number of benzene rings is 2. The van der Waals surface area contributed by atoms with E-state index in [4.69, 9.17) is 4.52 Å². The molecule has 4 rings (SSSR count). The third-order valence-electron chi connectivity index (χ3n) is 4.73. The van der Waals surface area contributed by atoms with E-state index in [9.17, 15) is 13.2 Å². The lowest BCUT2D eigenvalue weighted by molar-refractivity contribution is 0.0783. The van der Waals surface area contributed by atoms with Crippen LogP contribution in [0.2, 0.25) is 0 Å². The molecule has 1 aliphatic rings. The molecule has 0 N–H and O–H groups in total. The zero-order valence-corrected chi connectivity index (χ0v) is 15.3. The lowest BCUT2D eigenvalue weighted by atomic mass is 10.1. The molecule has 1 atom stereocenters. The summed E-state index contributed by atoms with van der Waals surface area (Å²) in [7, 11) is -3.46. The molecule has 1 aliphatic heterocycles. The average Bonchev–Trinajstić information content (AvgIpc) is 3.39. The normalized spacial score (nSPS) is 17.2. The fourth-order valence-corrected chi connectivity index (χ4v) is 4.96. The molecule has 2 aromatic carbocycles. The fourth-order valence-electron chi connectivity index (χ4n) is 3.25. The Labute approximate surface area is 157 Å². The zero-order valence-electron chi connectivity index (χ0n) is 14.5. The molecule has 0 aliphatic carbocycles. The van der Waals surface area contributed by atoms with Crippen LogP contribution in [-0.2, 0) is 9.84 Å². The molecule has 1 amide bonds. The summed E-state index contributed by atoms with van der Waals surface area (Å²) in [6, 6.07) is 19.3. The number of amides is 1. The molecule has 2 heterocycles. The summed E-state index contributed by atoms with van der Waals surface area (Å²) in [6.45, 7) is 0.534. The van der Waals surface area contributed by atoms with Gasteiger partial charge in [0.25, 0.3) is 5.91 Å². The Bertz CT molecular complexity index is 1050. The van der Waals surface area contributed by atoms with Crippen molar-refractivity contribution < 1.29 is 17.7 Å². The largest absolute Gasteiger partial charge is 0.355 e. The minimum Gasteiger partial charge on any atom is -0.355 e. The molecule has 0 saturated carbocycles. The maximum atomic E-state index is 12.8. The van der Waals surface area contributed by atoms with Gasteiger partial charge in [0.2, 0.25) is 0 Å². The van der Waals surface area contributed by atoms with Gasteiger partial charge in [0.05, 0.1) is 10.1 Å². The van der Waals surface area contributed by atoms with Crippen LogP contribution in [0.5, 0.6) is 0 Å². The summed E-state index contributed by atoms with van der Waals surface area (Å²) >= 11 is 0. The zero-order chi connectivity index (χ0) is 18.9. The van der Waals surface area contributed by atoms with E-state index in [2.05, 4.69) is 5.16 Å². The minimum atomic E-state index is -3.46. The van der Waals surface area contributed by atoms with Gasteiger partial charge >= 0.3 is 0 Å². The highest BCUT2D eigenvalue weighted by molar-refractivity contribution is 7.92. The van der Waals surface area contributed by atoms with Gasteiger partial charge in [-0.2, -0.15) is 0 Å². The Hall–Kier alpha value is -2.93. The van der Waals surface area contributed by atoms with Gasteiger partial charge in [-0.15, -0.1) is 0 Å². The van der Waals surface area contributed by atoms with Crippen LogP contribution in [0.1, 0.15) is 16.9 Å². The van der Waals surface area contributed by atoms with E-state index in [1.807, 2.05) is 30.3 Å². The minimum absolute atomic E-state index is 0.156. The molecule has 3 aromatic rings. The lowest BCUT2D eigenvalue weighted by Gasteiger charge is -2.15. The van der Waals surface area contributed by atoms with Crippen molar-refractivity contribution in [2.75, 3.05) is 13.1 Å². The summed E-state index contributed by atoms with van der Waals surface area (Å²) in [5.74, 6) is 0.193.